The molecule has 3 aromatic rings. The van der Waals surface area contributed by atoms with E-state index in [-0.39, 0.29) is 5.91 Å². The lowest BCUT2D eigenvalue weighted by Gasteiger charge is -2.09. The number of ether oxygens (including phenoxy) is 2. The van der Waals surface area contributed by atoms with E-state index in [1.54, 1.807) is 25.5 Å². The Morgan fingerprint density at radius 1 is 1.11 bits per heavy atom. The number of fused-ring (bicyclic) bond motifs is 1. The lowest BCUT2D eigenvalue weighted by atomic mass is 10.1. The van der Waals surface area contributed by atoms with Crippen molar-refractivity contribution in [3.05, 3.63) is 84.4 Å². The van der Waals surface area contributed by atoms with E-state index in [1.807, 2.05) is 54.6 Å². The van der Waals surface area contributed by atoms with Gasteiger partial charge in [-0.05, 0) is 52.7 Å². The van der Waals surface area contributed by atoms with Gasteiger partial charge in [0.05, 0.1) is 18.9 Å². The van der Waals surface area contributed by atoms with Crippen LogP contribution >= 0.6 is 0 Å². The van der Waals surface area contributed by atoms with Crippen LogP contribution in [0.15, 0.2) is 78.4 Å². The molecule has 0 unspecified atom stereocenters. The maximum absolute atomic E-state index is 12.5. The van der Waals surface area contributed by atoms with Gasteiger partial charge in [0, 0.05) is 0 Å². The smallest absolute Gasteiger partial charge is 0.275 e. The molecule has 5 heteroatoms. The summed E-state index contributed by atoms with van der Waals surface area (Å²) in [6, 6.07) is 18.8. The average Bonchev–Trinajstić information content (AvgIpc) is 2.72. The quantitative estimate of drug-likeness (QED) is 0.391. The number of hydrogen-bond donors (Lipinski definition) is 1. The number of hydrogen-bond acceptors (Lipinski definition) is 4. The van der Waals surface area contributed by atoms with E-state index in [2.05, 4.69) is 17.1 Å². The number of amides is 1. The SMILES string of the molecule is C=CCOc1ccc(/C=N\NC(=O)c2cc3ccccc3cc2OC)cc1. The molecule has 5 nitrogen and oxygen atoms in total. The molecule has 1 amide bonds. The predicted octanol–water partition coefficient (Wildman–Crippen LogP) is 4.18. The fraction of sp³-hybridized carbons (Fsp3) is 0.0909. The molecule has 0 saturated heterocycles. The monoisotopic (exact) mass is 360 g/mol. The van der Waals surface area contributed by atoms with Crippen LogP contribution in [0.5, 0.6) is 11.5 Å². The molecule has 0 spiro atoms. The first-order valence-electron chi connectivity index (χ1n) is 8.45. The van der Waals surface area contributed by atoms with Crippen molar-refractivity contribution in [2.45, 2.75) is 0 Å². The summed E-state index contributed by atoms with van der Waals surface area (Å²) >= 11 is 0. The van der Waals surface area contributed by atoms with E-state index in [9.17, 15) is 4.79 Å². The number of nitrogens with one attached hydrogen (secondary N) is 1. The minimum atomic E-state index is -0.334. The Hall–Kier alpha value is -3.60. The Morgan fingerprint density at radius 2 is 1.81 bits per heavy atom. The number of nitrogens with zero attached hydrogens (tertiary/aromatic N) is 1. The Balaban J connectivity index is 1.70. The summed E-state index contributed by atoms with van der Waals surface area (Å²) in [4.78, 5) is 12.5. The second-order valence-electron chi connectivity index (χ2n) is 5.77. The zero-order valence-corrected chi connectivity index (χ0v) is 15.0. The zero-order valence-electron chi connectivity index (χ0n) is 15.0. The van der Waals surface area contributed by atoms with Crippen LogP contribution in [-0.4, -0.2) is 25.8 Å². The molecule has 136 valence electrons. The predicted molar refractivity (Wildman–Crippen MR) is 108 cm³/mol. The molecular formula is C22H20N2O3. The summed E-state index contributed by atoms with van der Waals surface area (Å²) in [5.74, 6) is 0.918. The normalized spacial score (nSPS) is 10.7. The first kappa shape index (κ1) is 18.2. The van der Waals surface area contributed by atoms with Crippen molar-refractivity contribution in [1.29, 1.82) is 0 Å². The van der Waals surface area contributed by atoms with Gasteiger partial charge in [-0.15, -0.1) is 0 Å². The molecule has 0 radical (unpaired) electrons. The Bertz CT molecular complexity index is 979. The summed E-state index contributed by atoms with van der Waals surface area (Å²) in [5.41, 5.74) is 3.81. The van der Waals surface area contributed by atoms with E-state index in [0.717, 1.165) is 22.1 Å². The van der Waals surface area contributed by atoms with Crippen molar-refractivity contribution in [3.63, 3.8) is 0 Å². The van der Waals surface area contributed by atoms with Gasteiger partial charge in [0.2, 0.25) is 0 Å². The molecule has 0 saturated carbocycles. The van der Waals surface area contributed by atoms with E-state index >= 15 is 0 Å². The highest BCUT2D eigenvalue weighted by atomic mass is 16.5. The van der Waals surface area contributed by atoms with Gasteiger partial charge in [0.1, 0.15) is 18.1 Å². The lowest BCUT2D eigenvalue weighted by Crippen LogP contribution is -2.18. The van der Waals surface area contributed by atoms with Crippen molar-refractivity contribution in [1.82, 2.24) is 5.43 Å². The van der Waals surface area contributed by atoms with E-state index in [4.69, 9.17) is 9.47 Å². The average molecular weight is 360 g/mol. The number of carbonyl (C=O) groups is 1. The molecule has 0 aliphatic rings. The summed E-state index contributed by atoms with van der Waals surface area (Å²) in [7, 11) is 1.54. The Labute approximate surface area is 157 Å². The van der Waals surface area contributed by atoms with Crippen molar-refractivity contribution < 1.29 is 14.3 Å². The molecule has 0 aromatic heterocycles. The number of carbonyl (C=O) groups excluding carboxylic acids is 1. The van der Waals surface area contributed by atoms with Gasteiger partial charge in [0.15, 0.2) is 0 Å². The van der Waals surface area contributed by atoms with Gasteiger partial charge >= 0.3 is 0 Å². The first-order chi connectivity index (χ1) is 13.2. The third-order valence-corrected chi connectivity index (χ3v) is 3.94. The second kappa shape index (κ2) is 8.67. The number of hydrazone groups is 1. The number of rotatable bonds is 7. The van der Waals surface area contributed by atoms with Crippen LogP contribution in [0.25, 0.3) is 10.8 Å². The molecule has 27 heavy (non-hydrogen) atoms. The van der Waals surface area contributed by atoms with Gasteiger partial charge < -0.3 is 9.47 Å². The fourth-order valence-electron chi connectivity index (χ4n) is 2.60. The zero-order chi connectivity index (χ0) is 19.1. The van der Waals surface area contributed by atoms with Crippen LogP contribution in [-0.2, 0) is 0 Å². The van der Waals surface area contributed by atoms with Crippen molar-refractivity contribution >= 4 is 22.9 Å². The summed E-state index contributed by atoms with van der Waals surface area (Å²) < 4.78 is 10.8. The molecule has 1 N–H and O–H groups in total. The Morgan fingerprint density at radius 3 is 2.48 bits per heavy atom. The Kier molecular flexibility index (Phi) is 5.84. The summed E-state index contributed by atoms with van der Waals surface area (Å²) in [5, 5.41) is 6.00. The van der Waals surface area contributed by atoms with Crippen LogP contribution < -0.4 is 14.9 Å². The second-order valence-corrected chi connectivity index (χ2v) is 5.77. The number of benzene rings is 3. The molecule has 0 fully saturated rings. The summed E-state index contributed by atoms with van der Waals surface area (Å²) in [6.07, 6.45) is 3.26. The largest absolute Gasteiger partial charge is 0.496 e. The van der Waals surface area contributed by atoms with Crippen molar-refractivity contribution in [3.8, 4) is 11.5 Å². The molecule has 3 rings (SSSR count). The van der Waals surface area contributed by atoms with Gasteiger partial charge in [0.25, 0.3) is 5.91 Å². The molecule has 0 heterocycles. The van der Waals surface area contributed by atoms with Crippen molar-refractivity contribution in [2.75, 3.05) is 13.7 Å². The van der Waals surface area contributed by atoms with Gasteiger partial charge in [-0.3, -0.25) is 4.79 Å². The molecule has 0 bridgehead atoms. The van der Waals surface area contributed by atoms with E-state index in [1.165, 1.54) is 0 Å². The first-order valence-corrected chi connectivity index (χ1v) is 8.45. The van der Waals surface area contributed by atoms with Crippen LogP contribution in [0, 0.1) is 0 Å². The molecule has 3 aromatic carbocycles. The highest BCUT2D eigenvalue weighted by Crippen LogP contribution is 2.25. The minimum absolute atomic E-state index is 0.334. The third-order valence-electron chi connectivity index (χ3n) is 3.94. The van der Waals surface area contributed by atoms with E-state index in [0.29, 0.717) is 17.9 Å². The van der Waals surface area contributed by atoms with Gasteiger partial charge in [-0.2, -0.15) is 5.10 Å². The summed E-state index contributed by atoms with van der Waals surface area (Å²) in [6.45, 7) is 4.06. The highest BCUT2D eigenvalue weighted by Gasteiger charge is 2.13. The van der Waals surface area contributed by atoms with Crippen LogP contribution in [0.3, 0.4) is 0 Å². The topological polar surface area (TPSA) is 59.9 Å². The van der Waals surface area contributed by atoms with Crippen LogP contribution in [0.4, 0.5) is 0 Å². The van der Waals surface area contributed by atoms with Crippen LogP contribution in [0.2, 0.25) is 0 Å². The van der Waals surface area contributed by atoms with E-state index < -0.39 is 0 Å². The highest BCUT2D eigenvalue weighted by molar-refractivity contribution is 6.01. The van der Waals surface area contributed by atoms with Gasteiger partial charge in [-0.25, -0.2) is 5.43 Å². The molecule has 0 atom stereocenters. The maximum Gasteiger partial charge on any atom is 0.275 e. The molecule has 0 aliphatic carbocycles. The molecular weight excluding hydrogens is 340 g/mol. The number of methoxy groups -OCH3 is 1. The minimum Gasteiger partial charge on any atom is -0.496 e. The third kappa shape index (κ3) is 4.52. The maximum atomic E-state index is 12.5. The van der Waals surface area contributed by atoms with Gasteiger partial charge in [-0.1, -0.05) is 36.9 Å². The molecule has 0 aliphatic heterocycles. The fourth-order valence-corrected chi connectivity index (χ4v) is 2.60. The van der Waals surface area contributed by atoms with Crippen LogP contribution in [0.1, 0.15) is 15.9 Å². The van der Waals surface area contributed by atoms with Crippen molar-refractivity contribution in [2.24, 2.45) is 5.10 Å². The standard InChI is InChI=1S/C22H20N2O3/c1-3-12-27-19-10-8-16(9-11-19)15-23-24-22(25)20-13-17-6-4-5-7-18(17)14-21(20)26-2/h3-11,13-15H,1,12H2,2H3,(H,24,25)/b23-15-. The lowest BCUT2D eigenvalue weighted by molar-refractivity contribution is 0.0952.